The second-order valence-electron chi connectivity index (χ2n) is 7.84. The van der Waals surface area contributed by atoms with Gasteiger partial charge < -0.3 is 14.8 Å². The minimum Gasteiger partial charge on any atom is -0.489 e. The van der Waals surface area contributed by atoms with Crippen molar-refractivity contribution in [1.29, 1.82) is 0 Å². The number of esters is 1. The summed E-state index contributed by atoms with van der Waals surface area (Å²) in [7, 11) is 0. The van der Waals surface area contributed by atoms with Crippen LogP contribution in [0.2, 0.25) is 0 Å². The molecule has 5 rings (SSSR count). The van der Waals surface area contributed by atoms with Crippen LogP contribution in [-0.4, -0.2) is 30.2 Å². The molecule has 1 N–H and O–H groups in total. The molecular formula is C24H25NO3S. The molecule has 2 heterocycles. The first kappa shape index (κ1) is 18.6. The first-order chi connectivity index (χ1) is 14.2. The maximum atomic E-state index is 12.2. The highest BCUT2D eigenvalue weighted by Gasteiger charge is 2.38. The third-order valence-electron chi connectivity index (χ3n) is 6.02. The highest BCUT2D eigenvalue weighted by Crippen LogP contribution is 2.50. The molecule has 2 aromatic carbocycles. The Morgan fingerprint density at radius 2 is 2.00 bits per heavy atom. The lowest BCUT2D eigenvalue weighted by Gasteiger charge is -2.37. The Morgan fingerprint density at radius 1 is 1.17 bits per heavy atom. The monoisotopic (exact) mass is 407 g/mol. The Kier molecular flexibility index (Phi) is 5.00. The molecule has 0 saturated carbocycles. The topological polar surface area (TPSA) is 47.6 Å². The quantitative estimate of drug-likeness (QED) is 0.546. The normalized spacial score (nSPS) is 24.8. The molecule has 0 radical (unpaired) electrons. The molecule has 2 aromatic rings. The van der Waals surface area contributed by atoms with Crippen LogP contribution in [0.1, 0.15) is 46.8 Å². The van der Waals surface area contributed by atoms with Gasteiger partial charge in [-0.2, -0.15) is 11.8 Å². The first-order valence-electron chi connectivity index (χ1n) is 10.3. The second kappa shape index (κ2) is 7.79. The number of nitrogens with one attached hydrogen (secondary N) is 1. The molecule has 1 saturated heterocycles. The zero-order chi connectivity index (χ0) is 19.8. The summed E-state index contributed by atoms with van der Waals surface area (Å²) in [5.41, 5.74) is 4.19. The molecule has 1 fully saturated rings. The third-order valence-corrected chi connectivity index (χ3v) is 7.24. The zero-order valence-corrected chi connectivity index (χ0v) is 17.3. The van der Waals surface area contributed by atoms with Crippen LogP contribution in [0.3, 0.4) is 0 Å². The molecule has 0 spiro atoms. The average molecular weight is 408 g/mol. The number of benzene rings is 2. The summed E-state index contributed by atoms with van der Waals surface area (Å²) in [4.78, 5) is 12.2. The summed E-state index contributed by atoms with van der Waals surface area (Å²) in [6.45, 7) is 2.22. The first-order valence-corrected chi connectivity index (χ1v) is 11.5. The summed E-state index contributed by atoms with van der Waals surface area (Å²) < 4.78 is 11.2. The van der Waals surface area contributed by atoms with E-state index in [1.54, 1.807) is 0 Å². The molecule has 4 nitrogen and oxygen atoms in total. The van der Waals surface area contributed by atoms with Gasteiger partial charge in [0.2, 0.25) is 0 Å². The number of carbonyl (C=O) groups excluding carboxylic acids is 1. The highest BCUT2D eigenvalue weighted by molar-refractivity contribution is 8.00. The number of ether oxygens (including phenoxy) is 2. The van der Waals surface area contributed by atoms with E-state index in [4.69, 9.17) is 9.47 Å². The molecule has 0 bridgehead atoms. The van der Waals surface area contributed by atoms with Gasteiger partial charge in [0.1, 0.15) is 11.9 Å². The fraction of sp³-hybridized carbons (Fsp3) is 0.375. The Labute approximate surface area is 175 Å². The van der Waals surface area contributed by atoms with Crippen LogP contribution in [0, 0.1) is 5.92 Å². The van der Waals surface area contributed by atoms with Crippen LogP contribution in [0.5, 0.6) is 5.75 Å². The number of fused-ring (bicyclic) bond motifs is 3. The van der Waals surface area contributed by atoms with Gasteiger partial charge in [-0.15, -0.1) is 0 Å². The SMILES string of the molecule is CCOC(=O)c1ccc2c(c1)[C@@H]1C=CC[C@@H]1[C@@H](c1ccc(OC3CSC3)cc1)N2. The van der Waals surface area contributed by atoms with E-state index in [9.17, 15) is 4.79 Å². The van der Waals surface area contributed by atoms with E-state index in [1.807, 2.05) is 36.9 Å². The molecular weight excluding hydrogens is 382 g/mol. The maximum Gasteiger partial charge on any atom is 0.338 e. The van der Waals surface area contributed by atoms with Crippen molar-refractivity contribution in [3.63, 3.8) is 0 Å². The largest absolute Gasteiger partial charge is 0.489 e. The van der Waals surface area contributed by atoms with Gasteiger partial charge in [-0.05, 0) is 60.7 Å². The predicted octanol–water partition coefficient (Wildman–Crippen LogP) is 5.18. The fourth-order valence-electron chi connectivity index (χ4n) is 4.49. The standard InChI is InChI=1S/C24H25NO3S/c1-2-27-24(26)16-8-11-22-21(12-16)19-4-3-5-20(19)23(25-22)15-6-9-17(10-7-15)28-18-13-29-14-18/h3-4,6-12,18-20,23,25H,2,5,13-14H2,1H3/t19-,20+,23-/m1/s1. The van der Waals surface area contributed by atoms with Crippen LogP contribution < -0.4 is 10.1 Å². The van der Waals surface area contributed by atoms with Crippen molar-refractivity contribution >= 4 is 23.4 Å². The molecule has 0 amide bonds. The number of allylic oxidation sites excluding steroid dienone is 2. The molecule has 0 unspecified atom stereocenters. The van der Waals surface area contributed by atoms with E-state index in [1.165, 1.54) is 11.1 Å². The molecule has 29 heavy (non-hydrogen) atoms. The van der Waals surface area contributed by atoms with Gasteiger partial charge in [-0.3, -0.25) is 0 Å². The predicted molar refractivity (Wildman–Crippen MR) is 117 cm³/mol. The van der Waals surface area contributed by atoms with Gasteiger partial charge in [0.15, 0.2) is 0 Å². The Bertz CT molecular complexity index is 936. The van der Waals surface area contributed by atoms with Crippen molar-refractivity contribution in [1.82, 2.24) is 0 Å². The number of thioether (sulfide) groups is 1. The van der Waals surface area contributed by atoms with Gasteiger partial charge in [0.25, 0.3) is 0 Å². The summed E-state index contributed by atoms with van der Waals surface area (Å²) in [6.07, 6.45) is 5.95. The maximum absolute atomic E-state index is 12.2. The van der Waals surface area contributed by atoms with Gasteiger partial charge in [-0.25, -0.2) is 4.79 Å². The Balaban J connectivity index is 1.40. The number of rotatable bonds is 5. The van der Waals surface area contributed by atoms with Crippen molar-refractivity contribution < 1.29 is 14.3 Å². The van der Waals surface area contributed by atoms with Gasteiger partial charge in [-0.1, -0.05) is 24.3 Å². The van der Waals surface area contributed by atoms with E-state index in [0.717, 1.165) is 29.4 Å². The minimum absolute atomic E-state index is 0.240. The lowest BCUT2D eigenvalue weighted by atomic mass is 9.76. The molecule has 3 aliphatic rings. The van der Waals surface area contributed by atoms with E-state index in [-0.39, 0.29) is 12.0 Å². The summed E-state index contributed by atoms with van der Waals surface area (Å²) >= 11 is 1.93. The highest BCUT2D eigenvalue weighted by atomic mass is 32.2. The van der Waals surface area contributed by atoms with E-state index in [0.29, 0.717) is 30.1 Å². The van der Waals surface area contributed by atoms with E-state index >= 15 is 0 Å². The molecule has 2 aliphatic heterocycles. The number of carbonyl (C=O) groups is 1. The van der Waals surface area contributed by atoms with Gasteiger partial charge in [0, 0.05) is 23.1 Å². The number of hydrogen-bond donors (Lipinski definition) is 1. The van der Waals surface area contributed by atoms with Crippen LogP contribution in [0.15, 0.2) is 54.6 Å². The fourth-order valence-corrected chi connectivity index (χ4v) is 5.06. The summed E-state index contributed by atoms with van der Waals surface area (Å²) in [5.74, 6) is 3.63. The molecule has 3 atom stereocenters. The van der Waals surface area contributed by atoms with Crippen molar-refractivity contribution in [2.45, 2.75) is 31.4 Å². The van der Waals surface area contributed by atoms with Crippen molar-refractivity contribution in [3.05, 3.63) is 71.3 Å². The molecule has 5 heteroatoms. The zero-order valence-electron chi connectivity index (χ0n) is 16.5. The van der Waals surface area contributed by atoms with Crippen molar-refractivity contribution in [3.8, 4) is 5.75 Å². The molecule has 150 valence electrons. The molecule has 0 aromatic heterocycles. The van der Waals surface area contributed by atoms with Crippen molar-refractivity contribution in [2.75, 3.05) is 23.4 Å². The van der Waals surface area contributed by atoms with Crippen LogP contribution in [-0.2, 0) is 4.74 Å². The molecule has 1 aliphatic carbocycles. The van der Waals surface area contributed by atoms with E-state index in [2.05, 4.69) is 41.7 Å². The van der Waals surface area contributed by atoms with Gasteiger partial charge >= 0.3 is 5.97 Å². The minimum atomic E-state index is -0.253. The second-order valence-corrected chi connectivity index (χ2v) is 8.92. The lowest BCUT2D eigenvalue weighted by Crippen LogP contribution is -2.31. The van der Waals surface area contributed by atoms with Crippen LogP contribution in [0.4, 0.5) is 5.69 Å². The van der Waals surface area contributed by atoms with Gasteiger partial charge in [0.05, 0.1) is 18.2 Å². The summed E-state index contributed by atoms with van der Waals surface area (Å²) in [5, 5.41) is 3.73. The number of anilines is 1. The van der Waals surface area contributed by atoms with E-state index < -0.39 is 0 Å². The Morgan fingerprint density at radius 3 is 2.72 bits per heavy atom. The van der Waals surface area contributed by atoms with Crippen LogP contribution >= 0.6 is 11.8 Å². The number of hydrogen-bond acceptors (Lipinski definition) is 5. The lowest BCUT2D eigenvalue weighted by molar-refractivity contribution is 0.0526. The third kappa shape index (κ3) is 3.52. The van der Waals surface area contributed by atoms with Crippen molar-refractivity contribution in [2.24, 2.45) is 5.92 Å². The Hall–Kier alpha value is -2.40. The van der Waals surface area contributed by atoms with Crippen LogP contribution in [0.25, 0.3) is 0 Å². The average Bonchev–Trinajstić information content (AvgIpc) is 3.21. The smallest absolute Gasteiger partial charge is 0.338 e. The summed E-state index contributed by atoms with van der Waals surface area (Å²) in [6, 6.07) is 14.7.